The van der Waals surface area contributed by atoms with Crippen molar-refractivity contribution in [2.75, 3.05) is 0 Å². The lowest BCUT2D eigenvalue weighted by molar-refractivity contribution is 0.669. The summed E-state index contributed by atoms with van der Waals surface area (Å²) >= 11 is 0. The van der Waals surface area contributed by atoms with Gasteiger partial charge in [0.15, 0.2) is 0 Å². The van der Waals surface area contributed by atoms with Crippen molar-refractivity contribution >= 4 is 65.3 Å². The Kier molecular flexibility index (Phi) is 3.42. The highest BCUT2D eigenvalue weighted by Gasteiger charge is 2.14. The maximum atomic E-state index is 6.22. The van der Waals surface area contributed by atoms with E-state index in [1.54, 1.807) is 0 Å². The third-order valence-corrected chi connectivity index (χ3v) is 7.17. The van der Waals surface area contributed by atoms with Gasteiger partial charge in [-0.25, -0.2) is 0 Å². The molecule has 2 heteroatoms. The van der Waals surface area contributed by atoms with Crippen LogP contribution in [0.2, 0.25) is 0 Å². The van der Waals surface area contributed by atoms with Crippen LogP contribution in [0.3, 0.4) is 0 Å². The van der Waals surface area contributed by atoms with Crippen LogP contribution in [0.5, 0.6) is 0 Å². The second-order valence-corrected chi connectivity index (χ2v) is 9.07. The van der Waals surface area contributed by atoms with Crippen LogP contribution in [0.25, 0.3) is 76.4 Å². The Morgan fingerprint density at radius 1 is 0.500 bits per heavy atom. The molecule has 0 atom stereocenters. The molecule has 1 N–H and O–H groups in total. The molecule has 0 fully saturated rings. The number of aromatic nitrogens is 1. The van der Waals surface area contributed by atoms with E-state index in [9.17, 15) is 0 Å². The first-order valence-corrected chi connectivity index (χ1v) is 11.6. The molecule has 0 unspecified atom stereocenters. The van der Waals surface area contributed by atoms with E-state index in [-0.39, 0.29) is 0 Å². The van der Waals surface area contributed by atoms with E-state index in [2.05, 4.69) is 114 Å². The van der Waals surface area contributed by atoms with Gasteiger partial charge < -0.3 is 9.40 Å². The molecule has 2 heterocycles. The Morgan fingerprint density at radius 2 is 1.26 bits per heavy atom. The fourth-order valence-corrected chi connectivity index (χ4v) is 5.57. The van der Waals surface area contributed by atoms with Crippen molar-refractivity contribution in [1.29, 1.82) is 0 Å². The van der Waals surface area contributed by atoms with Gasteiger partial charge >= 0.3 is 0 Å². The van der Waals surface area contributed by atoms with Gasteiger partial charge in [0.05, 0.1) is 5.52 Å². The molecule has 6 aromatic carbocycles. The Labute approximate surface area is 195 Å². The van der Waals surface area contributed by atoms with Crippen LogP contribution >= 0.6 is 0 Å². The molecule has 0 bridgehead atoms. The van der Waals surface area contributed by atoms with E-state index >= 15 is 0 Å². The lowest BCUT2D eigenvalue weighted by Crippen LogP contribution is -1.81. The minimum Gasteiger partial charge on any atom is -0.456 e. The Balaban J connectivity index is 1.43. The minimum atomic E-state index is 0.921. The molecule has 2 aromatic heterocycles. The van der Waals surface area contributed by atoms with Crippen LogP contribution in [0, 0.1) is 0 Å². The smallest absolute Gasteiger partial charge is 0.136 e. The third-order valence-electron chi connectivity index (χ3n) is 7.17. The quantitative estimate of drug-likeness (QED) is 0.275. The largest absolute Gasteiger partial charge is 0.456 e. The molecule has 0 saturated carbocycles. The van der Waals surface area contributed by atoms with Gasteiger partial charge in [-0.1, -0.05) is 78.9 Å². The summed E-state index contributed by atoms with van der Waals surface area (Å²) in [6.45, 7) is 0. The summed E-state index contributed by atoms with van der Waals surface area (Å²) < 4.78 is 6.22. The fraction of sp³-hybridized carbons (Fsp3) is 0. The molecular formula is C32H19NO. The summed E-state index contributed by atoms with van der Waals surface area (Å²) in [4.78, 5) is 3.72. The van der Waals surface area contributed by atoms with E-state index in [1.807, 2.05) is 0 Å². The minimum absolute atomic E-state index is 0.921. The van der Waals surface area contributed by atoms with Gasteiger partial charge in [0.1, 0.15) is 11.2 Å². The predicted octanol–water partition coefficient (Wildman–Crippen LogP) is 9.19. The van der Waals surface area contributed by atoms with Gasteiger partial charge in [-0.15, -0.1) is 0 Å². The standard InChI is InChI=1S/C32H19NO/c1-2-8-21-18-28-26(16-20(21)7-1)25-11-5-10-24(32(25)33-28)22-13-14-29-27(17-22)31-23-9-4-3-6-19(23)12-15-30(31)34-29/h1-18,33H. The molecule has 8 aromatic rings. The molecule has 0 aliphatic rings. The van der Waals surface area contributed by atoms with Crippen LogP contribution in [0.1, 0.15) is 0 Å². The zero-order chi connectivity index (χ0) is 22.2. The van der Waals surface area contributed by atoms with Gasteiger partial charge in [0.25, 0.3) is 0 Å². The van der Waals surface area contributed by atoms with Gasteiger partial charge in [-0.05, 0) is 57.4 Å². The van der Waals surface area contributed by atoms with Gasteiger partial charge in [0, 0.05) is 32.6 Å². The predicted molar refractivity (Wildman–Crippen MR) is 144 cm³/mol. The van der Waals surface area contributed by atoms with Gasteiger partial charge in [-0.2, -0.15) is 0 Å². The molecular weight excluding hydrogens is 414 g/mol. The highest BCUT2D eigenvalue weighted by molar-refractivity contribution is 6.20. The number of hydrogen-bond acceptors (Lipinski definition) is 1. The first-order chi connectivity index (χ1) is 16.8. The first-order valence-electron chi connectivity index (χ1n) is 11.6. The van der Waals surface area contributed by atoms with Crippen LogP contribution in [0.4, 0.5) is 0 Å². The maximum Gasteiger partial charge on any atom is 0.136 e. The van der Waals surface area contributed by atoms with E-state index in [1.165, 1.54) is 59.9 Å². The molecule has 0 amide bonds. The average molecular weight is 434 g/mol. The van der Waals surface area contributed by atoms with Crippen molar-refractivity contribution in [2.24, 2.45) is 0 Å². The van der Waals surface area contributed by atoms with E-state index in [0.717, 1.165) is 16.6 Å². The van der Waals surface area contributed by atoms with Crippen molar-refractivity contribution in [3.8, 4) is 11.1 Å². The fourth-order valence-electron chi connectivity index (χ4n) is 5.57. The number of aromatic amines is 1. The number of para-hydroxylation sites is 1. The second-order valence-electron chi connectivity index (χ2n) is 9.07. The van der Waals surface area contributed by atoms with E-state index in [4.69, 9.17) is 4.42 Å². The SMILES string of the molecule is c1ccc2cc3c(cc2c1)[nH]c1c(-c2ccc4oc5ccc6ccccc6c5c4c2)cccc13. The summed E-state index contributed by atoms with van der Waals surface area (Å²) in [6, 6.07) is 39.0. The van der Waals surface area contributed by atoms with Gasteiger partial charge in [-0.3, -0.25) is 0 Å². The summed E-state index contributed by atoms with van der Waals surface area (Å²) in [5.41, 5.74) is 6.58. The summed E-state index contributed by atoms with van der Waals surface area (Å²) in [5.74, 6) is 0. The maximum absolute atomic E-state index is 6.22. The summed E-state index contributed by atoms with van der Waals surface area (Å²) in [7, 11) is 0. The molecule has 34 heavy (non-hydrogen) atoms. The Bertz CT molecular complexity index is 2070. The first kappa shape index (κ1) is 17.9. The number of nitrogens with one attached hydrogen (secondary N) is 1. The topological polar surface area (TPSA) is 28.9 Å². The van der Waals surface area contributed by atoms with E-state index in [0.29, 0.717) is 0 Å². The zero-order valence-corrected chi connectivity index (χ0v) is 18.3. The highest BCUT2D eigenvalue weighted by Crippen LogP contribution is 2.39. The van der Waals surface area contributed by atoms with Crippen LogP contribution in [0.15, 0.2) is 114 Å². The molecule has 0 radical (unpaired) electrons. The van der Waals surface area contributed by atoms with Crippen molar-refractivity contribution in [1.82, 2.24) is 4.98 Å². The monoisotopic (exact) mass is 433 g/mol. The van der Waals surface area contributed by atoms with Crippen molar-refractivity contribution in [3.05, 3.63) is 109 Å². The van der Waals surface area contributed by atoms with Crippen LogP contribution in [-0.4, -0.2) is 4.98 Å². The third kappa shape index (κ3) is 2.40. The number of fused-ring (bicyclic) bond motifs is 9. The normalized spacial score (nSPS) is 12.1. The Hall–Kier alpha value is -4.56. The molecule has 0 aliphatic heterocycles. The number of furan rings is 1. The van der Waals surface area contributed by atoms with Crippen molar-refractivity contribution < 1.29 is 4.42 Å². The molecule has 0 spiro atoms. The second kappa shape index (κ2) is 6.49. The highest BCUT2D eigenvalue weighted by atomic mass is 16.3. The number of hydrogen-bond donors (Lipinski definition) is 1. The molecule has 2 nitrogen and oxygen atoms in total. The lowest BCUT2D eigenvalue weighted by Gasteiger charge is -2.05. The summed E-state index contributed by atoms with van der Waals surface area (Å²) in [6.07, 6.45) is 0. The zero-order valence-electron chi connectivity index (χ0n) is 18.3. The van der Waals surface area contributed by atoms with E-state index < -0.39 is 0 Å². The number of H-pyrrole nitrogens is 1. The van der Waals surface area contributed by atoms with Crippen LogP contribution < -0.4 is 0 Å². The van der Waals surface area contributed by atoms with Gasteiger partial charge in [0.2, 0.25) is 0 Å². The van der Waals surface area contributed by atoms with Crippen LogP contribution in [-0.2, 0) is 0 Å². The molecule has 0 saturated heterocycles. The Morgan fingerprint density at radius 3 is 2.18 bits per heavy atom. The molecule has 0 aliphatic carbocycles. The average Bonchev–Trinajstić information content (AvgIpc) is 3.44. The van der Waals surface area contributed by atoms with Crippen molar-refractivity contribution in [3.63, 3.8) is 0 Å². The number of rotatable bonds is 1. The lowest BCUT2D eigenvalue weighted by atomic mass is 9.98. The van der Waals surface area contributed by atoms with Crippen molar-refractivity contribution in [2.45, 2.75) is 0 Å². The summed E-state index contributed by atoms with van der Waals surface area (Å²) in [5, 5.41) is 9.82. The number of benzene rings is 6. The molecule has 8 rings (SSSR count). The molecule has 158 valence electrons.